The second-order valence-corrected chi connectivity index (χ2v) is 8.80. The smallest absolute Gasteiger partial charge is 0.227 e. The highest BCUT2D eigenvalue weighted by atomic mass is 16.5. The number of hydrogen-bond acceptors (Lipinski definition) is 3. The summed E-state index contributed by atoms with van der Waals surface area (Å²) in [4.78, 5) is 18.9. The predicted molar refractivity (Wildman–Crippen MR) is 117 cm³/mol. The number of amides is 1. The normalized spacial score (nSPS) is 15.5. The third kappa shape index (κ3) is 4.42. The third-order valence-electron chi connectivity index (χ3n) is 5.45. The summed E-state index contributed by atoms with van der Waals surface area (Å²) in [5.74, 6) is 1.10. The molecule has 1 fully saturated rings. The first-order valence-corrected chi connectivity index (χ1v) is 10.3. The van der Waals surface area contributed by atoms with E-state index in [0.717, 1.165) is 53.7 Å². The van der Waals surface area contributed by atoms with Crippen molar-refractivity contribution in [1.82, 2.24) is 9.88 Å². The van der Waals surface area contributed by atoms with Gasteiger partial charge in [0.15, 0.2) is 0 Å². The van der Waals surface area contributed by atoms with E-state index in [4.69, 9.17) is 4.74 Å². The van der Waals surface area contributed by atoms with Crippen LogP contribution >= 0.6 is 0 Å². The molecule has 1 aliphatic heterocycles. The van der Waals surface area contributed by atoms with Gasteiger partial charge in [-0.1, -0.05) is 51.1 Å². The molecule has 0 N–H and O–H groups in total. The van der Waals surface area contributed by atoms with Crippen LogP contribution < -0.4 is 4.74 Å². The molecule has 0 saturated carbocycles. The lowest BCUT2D eigenvalue weighted by Crippen LogP contribution is -2.46. The number of nitrogens with zero attached hydrogens (tertiary/aromatic N) is 2. The van der Waals surface area contributed by atoms with E-state index in [9.17, 15) is 4.79 Å². The largest absolute Gasteiger partial charge is 0.490 e. The van der Waals surface area contributed by atoms with Gasteiger partial charge < -0.3 is 9.64 Å². The van der Waals surface area contributed by atoms with Crippen LogP contribution in [0.3, 0.4) is 0 Å². The molecule has 0 aliphatic carbocycles. The number of rotatable bonds is 3. The SMILES string of the molecule is CC(C)(C)C(=O)N1CCC(Oc2ccc(-c3cnc4ccccc4c3)cc2)CC1. The van der Waals surface area contributed by atoms with Crippen LogP contribution in [0.15, 0.2) is 60.8 Å². The molecule has 2 aromatic carbocycles. The Balaban J connectivity index is 1.38. The van der Waals surface area contributed by atoms with E-state index < -0.39 is 0 Å². The zero-order chi connectivity index (χ0) is 20.4. The van der Waals surface area contributed by atoms with Crippen LogP contribution in [0.1, 0.15) is 33.6 Å². The monoisotopic (exact) mass is 388 g/mol. The molecule has 1 aliphatic rings. The molecule has 0 unspecified atom stereocenters. The first kappa shape index (κ1) is 19.4. The van der Waals surface area contributed by atoms with Crippen LogP contribution in [0, 0.1) is 5.41 Å². The number of benzene rings is 2. The van der Waals surface area contributed by atoms with Crippen molar-refractivity contribution in [2.24, 2.45) is 5.41 Å². The maximum Gasteiger partial charge on any atom is 0.227 e. The average molecular weight is 389 g/mol. The summed E-state index contributed by atoms with van der Waals surface area (Å²) in [5.41, 5.74) is 2.92. The number of pyridine rings is 1. The Morgan fingerprint density at radius 1 is 1.00 bits per heavy atom. The molecule has 4 heteroatoms. The summed E-state index contributed by atoms with van der Waals surface area (Å²) in [6.45, 7) is 7.46. The van der Waals surface area contributed by atoms with Gasteiger partial charge in [-0.05, 0) is 29.8 Å². The highest BCUT2D eigenvalue weighted by Gasteiger charge is 2.30. The second-order valence-electron chi connectivity index (χ2n) is 8.80. The zero-order valence-electron chi connectivity index (χ0n) is 17.4. The number of ether oxygens (including phenoxy) is 1. The summed E-state index contributed by atoms with van der Waals surface area (Å²) in [5, 5.41) is 1.14. The van der Waals surface area contributed by atoms with E-state index in [1.54, 1.807) is 0 Å². The third-order valence-corrected chi connectivity index (χ3v) is 5.45. The molecule has 1 amide bonds. The lowest BCUT2D eigenvalue weighted by atomic mass is 9.93. The van der Waals surface area contributed by atoms with Gasteiger partial charge in [0.2, 0.25) is 5.91 Å². The van der Waals surface area contributed by atoms with Gasteiger partial charge in [0.1, 0.15) is 11.9 Å². The van der Waals surface area contributed by atoms with Gasteiger partial charge in [-0.3, -0.25) is 9.78 Å². The number of piperidine rings is 1. The number of hydrogen-bond donors (Lipinski definition) is 0. The Bertz CT molecular complexity index is 997. The molecule has 4 nitrogen and oxygen atoms in total. The van der Waals surface area contributed by atoms with E-state index in [-0.39, 0.29) is 17.4 Å². The summed E-state index contributed by atoms with van der Waals surface area (Å²) in [6, 6.07) is 18.5. The molecular formula is C25H28N2O2. The minimum absolute atomic E-state index is 0.159. The lowest BCUT2D eigenvalue weighted by molar-refractivity contribution is -0.141. The molecule has 150 valence electrons. The maximum atomic E-state index is 12.4. The first-order valence-electron chi connectivity index (χ1n) is 10.3. The minimum atomic E-state index is -0.318. The molecule has 0 radical (unpaired) electrons. The van der Waals surface area contributed by atoms with Gasteiger partial charge in [0.25, 0.3) is 0 Å². The molecule has 2 heterocycles. The van der Waals surface area contributed by atoms with E-state index in [2.05, 4.69) is 29.2 Å². The van der Waals surface area contributed by atoms with Crippen LogP contribution in [0.4, 0.5) is 0 Å². The van der Waals surface area contributed by atoms with Gasteiger partial charge in [-0.25, -0.2) is 0 Å². The molecule has 1 aromatic heterocycles. The Morgan fingerprint density at radius 3 is 2.38 bits per heavy atom. The standard InChI is InChI=1S/C25H28N2O2/c1-25(2,3)24(28)27-14-12-22(13-15-27)29-21-10-8-18(9-11-21)20-16-19-6-4-5-7-23(19)26-17-20/h4-11,16-17,22H,12-15H2,1-3H3. The zero-order valence-corrected chi connectivity index (χ0v) is 17.4. The second kappa shape index (κ2) is 7.86. The fraction of sp³-hybridized carbons (Fsp3) is 0.360. The quantitative estimate of drug-likeness (QED) is 0.610. The summed E-state index contributed by atoms with van der Waals surface area (Å²) >= 11 is 0. The van der Waals surface area contributed by atoms with Gasteiger partial charge >= 0.3 is 0 Å². The lowest BCUT2D eigenvalue weighted by Gasteiger charge is -2.35. The molecule has 3 aromatic rings. The van der Waals surface area contributed by atoms with Crippen LogP contribution in [-0.4, -0.2) is 35.0 Å². The molecule has 0 spiro atoms. The molecule has 0 atom stereocenters. The molecule has 29 heavy (non-hydrogen) atoms. The predicted octanol–water partition coefficient (Wildman–Crippen LogP) is 5.32. The van der Waals surface area contributed by atoms with Crippen LogP contribution in [0.25, 0.3) is 22.0 Å². The number of aromatic nitrogens is 1. The minimum Gasteiger partial charge on any atom is -0.490 e. The van der Waals surface area contributed by atoms with Gasteiger partial charge in [0.05, 0.1) is 5.52 Å². The Hall–Kier alpha value is -2.88. The van der Waals surface area contributed by atoms with Crippen LogP contribution in [0.5, 0.6) is 5.75 Å². The first-order chi connectivity index (χ1) is 13.9. The van der Waals surface area contributed by atoms with Crippen molar-refractivity contribution in [1.29, 1.82) is 0 Å². The number of carbonyl (C=O) groups excluding carboxylic acids is 1. The van der Waals surface area contributed by atoms with E-state index >= 15 is 0 Å². The Morgan fingerprint density at radius 2 is 1.69 bits per heavy atom. The van der Waals surface area contributed by atoms with Crippen molar-refractivity contribution in [2.45, 2.75) is 39.7 Å². The average Bonchev–Trinajstić information content (AvgIpc) is 2.73. The van der Waals surface area contributed by atoms with Crippen molar-refractivity contribution in [3.8, 4) is 16.9 Å². The van der Waals surface area contributed by atoms with Gasteiger partial charge in [-0.15, -0.1) is 0 Å². The number of para-hydroxylation sites is 1. The topological polar surface area (TPSA) is 42.4 Å². The van der Waals surface area contributed by atoms with Crippen LogP contribution in [-0.2, 0) is 4.79 Å². The number of likely N-dealkylation sites (tertiary alicyclic amines) is 1. The molecular weight excluding hydrogens is 360 g/mol. The van der Waals surface area contributed by atoms with E-state index in [0.29, 0.717) is 0 Å². The number of fused-ring (bicyclic) bond motifs is 1. The number of carbonyl (C=O) groups is 1. The fourth-order valence-corrected chi connectivity index (χ4v) is 3.80. The van der Waals surface area contributed by atoms with Crippen molar-refractivity contribution in [2.75, 3.05) is 13.1 Å². The van der Waals surface area contributed by atoms with E-state index in [1.807, 2.05) is 62.2 Å². The highest BCUT2D eigenvalue weighted by molar-refractivity contribution is 5.83. The van der Waals surface area contributed by atoms with Crippen molar-refractivity contribution in [3.63, 3.8) is 0 Å². The highest BCUT2D eigenvalue weighted by Crippen LogP contribution is 2.27. The van der Waals surface area contributed by atoms with Crippen molar-refractivity contribution in [3.05, 3.63) is 60.8 Å². The van der Waals surface area contributed by atoms with Crippen LogP contribution in [0.2, 0.25) is 0 Å². The van der Waals surface area contributed by atoms with Crippen molar-refractivity contribution < 1.29 is 9.53 Å². The van der Waals surface area contributed by atoms with Gasteiger partial charge in [-0.2, -0.15) is 0 Å². The Kier molecular flexibility index (Phi) is 5.27. The summed E-state index contributed by atoms with van der Waals surface area (Å²) in [6.07, 6.45) is 3.82. The Labute approximate surface area is 172 Å². The molecule has 0 bridgehead atoms. The molecule has 4 rings (SSSR count). The van der Waals surface area contributed by atoms with Gasteiger partial charge in [0, 0.05) is 48.5 Å². The van der Waals surface area contributed by atoms with Crippen molar-refractivity contribution >= 4 is 16.8 Å². The van der Waals surface area contributed by atoms with E-state index in [1.165, 1.54) is 0 Å². The summed E-state index contributed by atoms with van der Waals surface area (Å²) in [7, 11) is 0. The maximum absolute atomic E-state index is 12.4. The summed E-state index contributed by atoms with van der Waals surface area (Å²) < 4.78 is 6.18. The molecule has 1 saturated heterocycles. The fourth-order valence-electron chi connectivity index (χ4n) is 3.80.